The maximum absolute atomic E-state index is 8.72. The predicted molar refractivity (Wildman–Crippen MR) is 98.9 cm³/mol. The van der Waals surface area contributed by atoms with Crippen LogP contribution in [0.15, 0.2) is 18.2 Å². The fraction of sp³-hybridized carbons (Fsp3) is 0.632. The summed E-state index contributed by atoms with van der Waals surface area (Å²) in [4.78, 5) is 2.65. The van der Waals surface area contributed by atoms with E-state index in [0.29, 0.717) is 19.1 Å². The molecule has 1 unspecified atom stereocenters. The van der Waals surface area contributed by atoms with Gasteiger partial charge in [0.2, 0.25) is 0 Å². The van der Waals surface area contributed by atoms with Crippen LogP contribution in [0, 0.1) is 11.3 Å². The molecule has 0 radical (unpaired) electrons. The van der Waals surface area contributed by atoms with Crippen molar-refractivity contribution >= 4 is 17.5 Å². The van der Waals surface area contributed by atoms with Gasteiger partial charge in [0.25, 0.3) is 0 Å². The second-order valence-electron chi connectivity index (χ2n) is 6.95. The summed E-state index contributed by atoms with van der Waals surface area (Å²) in [6.07, 6.45) is 4.97. The van der Waals surface area contributed by atoms with E-state index >= 15 is 0 Å². The van der Waals surface area contributed by atoms with Crippen molar-refractivity contribution in [2.45, 2.75) is 31.7 Å². The first-order chi connectivity index (χ1) is 11.8. The molecule has 5 heteroatoms. The Kier molecular flexibility index (Phi) is 4.99. The number of likely N-dealkylation sites (tertiary alicyclic amines) is 1. The lowest BCUT2D eigenvalue weighted by Crippen LogP contribution is -2.46. The lowest BCUT2D eigenvalue weighted by atomic mass is 9.88. The molecule has 1 N–H and O–H groups in total. The molecule has 0 aliphatic carbocycles. The first-order valence-corrected chi connectivity index (χ1v) is 10.3. The molecule has 2 fully saturated rings. The van der Waals surface area contributed by atoms with Gasteiger partial charge in [0.15, 0.2) is 11.5 Å². The molecule has 4 rings (SSSR count). The molecule has 1 aromatic rings. The molecule has 1 aromatic carbocycles. The minimum absolute atomic E-state index is 0.343. The van der Waals surface area contributed by atoms with Crippen molar-refractivity contribution in [1.82, 2.24) is 4.90 Å². The molecule has 1 atom stereocenters. The van der Waals surface area contributed by atoms with Crippen LogP contribution in [-0.2, 0) is 0 Å². The Balaban J connectivity index is 1.45. The molecule has 3 aliphatic heterocycles. The van der Waals surface area contributed by atoms with E-state index in [-0.39, 0.29) is 0 Å². The Hall–Kier alpha value is -1.20. The Bertz CT molecular complexity index is 601. The zero-order chi connectivity index (χ0) is 16.4. The minimum Gasteiger partial charge on any atom is -0.486 e. The van der Waals surface area contributed by atoms with E-state index in [0.717, 1.165) is 41.8 Å². The number of thioether (sulfide) groups is 1. The number of hydrogen-bond acceptors (Lipinski definition) is 5. The van der Waals surface area contributed by atoms with Crippen LogP contribution < -0.4 is 9.47 Å². The number of nitrogens with one attached hydrogen (secondary N) is 1. The molecule has 130 valence electrons. The van der Waals surface area contributed by atoms with Gasteiger partial charge in [0, 0.05) is 24.2 Å². The summed E-state index contributed by atoms with van der Waals surface area (Å²) in [6.45, 7) is 3.46. The lowest BCUT2D eigenvalue weighted by Gasteiger charge is -2.40. The SMILES string of the molecule is N=C(c1ccc2c(c1)OCCO2)C1CCCN(C2CCSCC2)C1. The van der Waals surface area contributed by atoms with Gasteiger partial charge < -0.3 is 14.9 Å². The second kappa shape index (κ2) is 7.36. The van der Waals surface area contributed by atoms with Crippen molar-refractivity contribution in [3.63, 3.8) is 0 Å². The molecule has 24 heavy (non-hydrogen) atoms. The third-order valence-corrected chi connectivity index (χ3v) is 6.47. The molecule has 0 bridgehead atoms. The highest BCUT2D eigenvalue weighted by Gasteiger charge is 2.29. The highest BCUT2D eigenvalue weighted by Crippen LogP contribution is 2.33. The van der Waals surface area contributed by atoms with E-state index in [1.807, 2.05) is 18.2 Å². The van der Waals surface area contributed by atoms with E-state index in [9.17, 15) is 0 Å². The number of rotatable bonds is 3. The maximum Gasteiger partial charge on any atom is 0.162 e. The van der Waals surface area contributed by atoms with Crippen molar-refractivity contribution in [1.29, 1.82) is 5.41 Å². The third-order valence-electron chi connectivity index (χ3n) is 5.42. The fourth-order valence-corrected chi connectivity index (χ4v) is 5.15. The number of nitrogens with zero attached hydrogens (tertiary/aromatic N) is 1. The molecule has 4 nitrogen and oxygen atoms in total. The van der Waals surface area contributed by atoms with Crippen LogP contribution in [0.5, 0.6) is 11.5 Å². The number of ether oxygens (including phenoxy) is 2. The van der Waals surface area contributed by atoms with Crippen LogP contribution in [0.2, 0.25) is 0 Å². The Morgan fingerprint density at radius 1 is 1.08 bits per heavy atom. The van der Waals surface area contributed by atoms with E-state index < -0.39 is 0 Å². The van der Waals surface area contributed by atoms with Crippen LogP contribution in [0.25, 0.3) is 0 Å². The van der Waals surface area contributed by atoms with Crippen LogP contribution in [0.1, 0.15) is 31.2 Å². The van der Waals surface area contributed by atoms with Crippen LogP contribution in [0.3, 0.4) is 0 Å². The van der Waals surface area contributed by atoms with Crippen molar-refractivity contribution < 1.29 is 9.47 Å². The average molecular weight is 346 g/mol. The number of piperidine rings is 1. The number of fused-ring (bicyclic) bond motifs is 1. The number of hydrogen-bond donors (Lipinski definition) is 1. The molecule has 0 amide bonds. The maximum atomic E-state index is 8.72. The van der Waals surface area contributed by atoms with E-state index in [1.165, 1.54) is 37.3 Å². The molecule has 3 heterocycles. The molecule has 2 saturated heterocycles. The van der Waals surface area contributed by atoms with E-state index in [2.05, 4.69) is 16.7 Å². The predicted octanol–water partition coefficient (Wildman–Crippen LogP) is 3.43. The molecular formula is C19H26N2O2S. The van der Waals surface area contributed by atoms with Gasteiger partial charge >= 0.3 is 0 Å². The summed E-state index contributed by atoms with van der Waals surface area (Å²) < 4.78 is 11.3. The van der Waals surface area contributed by atoms with Gasteiger partial charge in [0.1, 0.15) is 13.2 Å². The van der Waals surface area contributed by atoms with Gasteiger partial charge in [-0.2, -0.15) is 11.8 Å². The first-order valence-electron chi connectivity index (χ1n) is 9.11. The van der Waals surface area contributed by atoms with Crippen molar-refractivity contribution in [2.24, 2.45) is 5.92 Å². The van der Waals surface area contributed by atoms with Gasteiger partial charge in [-0.25, -0.2) is 0 Å². The molecular weight excluding hydrogens is 320 g/mol. The molecule has 3 aliphatic rings. The lowest BCUT2D eigenvalue weighted by molar-refractivity contribution is 0.137. The van der Waals surface area contributed by atoms with Gasteiger partial charge in [-0.1, -0.05) is 0 Å². The highest BCUT2D eigenvalue weighted by molar-refractivity contribution is 7.99. The summed E-state index contributed by atoms with van der Waals surface area (Å²) >= 11 is 2.09. The molecule has 0 spiro atoms. The quantitative estimate of drug-likeness (QED) is 0.852. The Labute approximate surface area is 148 Å². The largest absolute Gasteiger partial charge is 0.486 e. The fourth-order valence-electron chi connectivity index (χ4n) is 4.07. The van der Waals surface area contributed by atoms with Crippen molar-refractivity contribution in [2.75, 3.05) is 37.8 Å². The topological polar surface area (TPSA) is 45.6 Å². The molecule has 0 aromatic heterocycles. The minimum atomic E-state index is 0.343. The van der Waals surface area contributed by atoms with Crippen LogP contribution in [-0.4, -0.2) is 54.5 Å². The molecule has 0 saturated carbocycles. The van der Waals surface area contributed by atoms with E-state index in [4.69, 9.17) is 14.9 Å². The van der Waals surface area contributed by atoms with Crippen molar-refractivity contribution in [3.8, 4) is 11.5 Å². The Morgan fingerprint density at radius 3 is 2.71 bits per heavy atom. The standard InChI is InChI=1S/C19H26N2O2S/c20-19(14-3-4-17-18(12-14)23-9-8-22-17)15-2-1-7-21(13-15)16-5-10-24-11-6-16/h3-4,12,15-16,20H,1-2,5-11,13H2. The highest BCUT2D eigenvalue weighted by atomic mass is 32.2. The van der Waals surface area contributed by atoms with Crippen LogP contribution in [0.4, 0.5) is 0 Å². The summed E-state index contributed by atoms with van der Waals surface area (Å²) in [5.41, 5.74) is 1.76. The zero-order valence-electron chi connectivity index (χ0n) is 14.1. The average Bonchev–Trinajstić information content (AvgIpc) is 2.68. The Morgan fingerprint density at radius 2 is 1.88 bits per heavy atom. The monoisotopic (exact) mass is 346 g/mol. The normalized spacial score (nSPS) is 25.4. The first kappa shape index (κ1) is 16.3. The van der Waals surface area contributed by atoms with Crippen molar-refractivity contribution in [3.05, 3.63) is 23.8 Å². The van der Waals surface area contributed by atoms with Gasteiger partial charge in [-0.3, -0.25) is 4.90 Å². The van der Waals surface area contributed by atoms with Gasteiger partial charge in [-0.15, -0.1) is 0 Å². The number of benzene rings is 1. The van der Waals surface area contributed by atoms with Gasteiger partial charge in [0.05, 0.1) is 0 Å². The smallest absolute Gasteiger partial charge is 0.162 e. The van der Waals surface area contributed by atoms with Crippen LogP contribution >= 0.6 is 11.8 Å². The summed E-state index contributed by atoms with van der Waals surface area (Å²) in [7, 11) is 0. The van der Waals surface area contributed by atoms with E-state index in [1.54, 1.807) is 0 Å². The summed E-state index contributed by atoms with van der Waals surface area (Å²) in [5, 5.41) is 8.72. The summed E-state index contributed by atoms with van der Waals surface area (Å²) in [6, 6.07) is 6.71. The van der Waals surface area contributed by atoms with Gasteiger partial charge in [-0.05, 0) is 67.5 Å². The second-order valence-corrected chi connectivity index (χ2v) is 8.17. The third kappa shape index (κ3) is 3.42. The zero-order valence-corrected chi connectivity index (χ0v) is 14.9. The summed E-state index contributed by atoms with van der Waals surface area (Å²) in [5.74, 6) is 4.54.